The molecule has 0 radical (unpaired) electrons. The van der Waals surface area contributed by atoms with Gasteiger partial charge in [0.15, 0.2) is 0 Å². The first-order valence-electron chi connectivity index (χ1n) is 11.0. The van der Waals surface area contributed by atoms with Crippen molar-refractivity contribution in [2.75, 3.05) is 33.2 Å². The zero-order chi connectivity index (χ0) is 20.7. The number of amides is 1. The molecule has 2 aliphatic rings. The maximum Gasteiger partial charge on any atom is 0.252 e. The van der Waals surface area contributed by atoms with Gasteiger partial charge in [-0.3, -0.25) is 9.69 Å². The highest BCUT2D eigenvalue weighted by Crippen LogP contribution is 2.35. The number of carbonyl (C=O) groups excluding carboxylic acids is 1. The van der Waals surface area contributed by atoms with Crippen molar-refractivity contribution in [3.63, 3.8) is 0 Å². The van der Waals surface area contributed by atoms with Gasteiger partial charge in [-0.2, -0.15) is 0 Å². The van der Waals surface area contributed by atoms with Crippen molar-refractivity contribution in [3.05, 3.63) is 17.5 Å². The Balaban J connectivity index is 1.46. The third-order valence-corrected chi connectivity index (χ3v) is 9.69. The second-order valence-electron chi connectivity index (χ2n) is 8.47. The SMILES string of the molecule is CN(CCCC(=O)NCC1(N2CCCCC2)CCCCC1)S(=O)(=O)c1cccs1. The molecule has 1 aromatic heterocycles. The van der Waals surface area contributed by atoms with Gasteiger partial charge in [0.25, 0.3) is 10.0 Å². The van der Waals surface area contributed by atoms with Crippen LogP contribution in [0.15, 0.2) is 21.7 Å². The Labute approximate surface area is 179 Å². The minimum atomic E-state index is -3.43. The molecule has 8 heteroatoms. The third kappa shape index (κ3) is 5.81. The summed E-state index contributed by atoms with van der Waals surface area (Å²) in [5.41, 5.74) is 0.133. The van der Waals surface area contributed by atoms with E-state index in [4.69, 9.17) is 0 Å². The highest BCUT2D eigenvalue weighted by atomic mass is 32.2. The second-order valence-corrected chi connectivity index (χ2v) is 11.7. The maximum absolute atomic E-state index is 12.5. The van der Waals surface area contributed by atoms with Crippen molar-refractivity contribution in [1.82, 2.24) is 14.5 Å². The number of hydrogen-bond donors (Lipinski definition) is 1. The molecule has 0 atom stereocenters. The maximum atomic E-state index is 12.5. The molecule has 0 bridgehead atoms. The van der Waals surface area contributed by atoms with Gasteiger partial charge in [0.05, 0.1) is 0 Å². The van der Waals surface area contributed by atoms with Crippen molar-refractivity contribution >= 4 is 27.3 Å². The molecule has 1 aromatic rings. The number of rotatable bonds is 9. The van der Waals surface area contributed by atoms with Gasteiger partial charge in [-0.05, 0) is 56.6 Å². The summed E-state index contributed by atoms with van der Waals surface area (Å²) in [5, 5.41) is 4.95. The van der Waals surface area contributed by atoms with Crippen LogP contribution in [0.1, 0.15) is 64.2 Å². The number of piperidine rings is 1. The average molecular weight is 442 g/mol. The van der Waals surface area contributed by atoms with Crippen molar-refractivity contribution in [3.8, 4) is 0 Å². The normalized spacial score (nSPS) is 20.6. The molecule has 1 saturated carbocycles. The Morgan fingerprint density at radius 1 is 1.17 bits per heavy atom. The average Bonchev–Trinajstić information content (AvgIpc) is 3.29. The summed E-state index contributed by atoms with van der Waals surface area (Å²) < 4.78 is 26.6. The molecule has 0 unspecified atom stereocenters. The zero-order valence-corrected chi connectivity index (χ0v) is 19.2. The van der Waals surface area contributed by atoms with Crippen LogP contribution in [0.5, 0.6) is 0 Å². The number of thiophene rings is 1. The monoisotopic (exact) mass is 441 g/mol. The molecule has 1 aliphatic heterocycles. The first-order valence-corrected chi connectivity index (χ1v) is 13.3. The number of nitrogens with one attached hydrogen (secondary N) is 1. The van der Waals surface area contributed by atoms with Crippen LogP contribution in [0, 0.1) is 0 Å². The highest BCUT2D eigenvalue weighted by Gasteiger charge is 2.38. The summed E-state index contributed by atoms with van der Waals surface area (Å²) >= 11 is 1.22. The lowest BCUT2D eigenvalue weighted by molar-refractivity contribution is -0.122. The van der Waals surface area contributed by atoms with Gasteiger partial charge in [-0.15, -0.1) is 11.3 Å². The topological polar surface area (TPSA) is 69.7 Å². The van der Waals surface area contributed by atoms with Crippen LogP contribution in [-0.4, -0.2) is 62.3 Å². The first-order chi connectivity index (χ1) is 13.9. The number of sulfonamides is 1. The lowest BCUT2D eigenvalue weighted by Gasteiger charge is -2.48. The predicted molar refractivity (Wildman–Crippen MR) is 118 cm³/mol. The highest BCUT2D eigenvalue weighted by molar-refractivity contribution is 7.91. The fourth-order valence-electron chi connectivity index (χ4n) is 4.68. The van der Waals surface area contributed by atoms with E-state index >= 15 is 0 Å². The van der Waals surface area contributed by atoms with Gasteiger partial charge in [0, 0.05) is 32.1 Å². The molecule has 29 heavy (non-hydrogen) atoms. The fourth-order valence-corrected chi connectivity index (χ4v) is 7.09. The van der Waals surface area contributed by atoms with Gasteiger partial charge >= 0.3 is 0 Å². The molecular weight excluding hydrogens is 406 g/mol. The molecular formula is C21H35N3O3S2. The van der Waals surface area contributed by atoms with Gasteiger partial charge in [-0.25, -0.2) is 12.7 Å². The van der Waals surface area contributed by atoms with Crippen LogP contribution in [0.2, 0.25) is 0 Å². The smallest absolute Gasteiger partial charge is 0.252 e. The van der Waals surface area contributed by atoms with E-state index in [9.17, 15) is 13.2 Å². The van der Waals surface area contributed by atoms with Crippen LogP contribution in [0.3, 0.4) is 0 Å². The standard InChI is InChI=1S/C21H35N3O3S2/c1-23(29(26,27)20-11-9-17-28-20)14-8-10-19(25)22-18-21(12-4-2-5-13-21)24-15-6-3-7-16-24/h9,11,17H,2-8,10,12-16,18H2,1H3,(H,22,25). The van der Waals surface area contributed by atoms with Gasteiger partial charge in [-0.1, -0.05) is 31.7 Å². The van der Waals surface area contributed by atoms with Crippen molar-refractivity contribution in [1.29, 1.82) is 0 Å². The molecule has 1 N–H and O–H groups in total. The molecule has 1 amide bonds. The summed E-state index contributed by atoms with van der Waals surface area (Å²) in [6.07, 6.45) is 10.9. The van der Waals surface area contributed by atoms with Crippen molar-refractivity contribution in [2.45, 2.75) is 74.0 Å². The number of nitrogens with zero attached hydrogens (tertiary/aromatic N) is 2. The minimum absolute atomic E-state index is 0.0360. The molecule has 1 aliphatic carbocycles. The summed E-state index contributed by atoms with van der Waals surface area (Å²) in [6, 6.07) is 3.36. The summed E-state index contributed by atoms with van der Waals surface area (Å²) in [6.45, 7) is 3.39. The molecule has 1 saturated heterocycles. The van der Waals surface area contributed by atoms with Crippen LogP contribution < -0.4 is 5.32 Å². The van der Waals surface area contributed by atoms with E-state index in [0.29, 0.717) is 23.6 Å². The number of hydrogen-bond acceptors (Lipinski definition) is 5. The van der Waals surface area contributed by atoms with E-state index in [2.05, 4.69) is 10.2 Å². The predicted octanol–water partition coefficient (Wildman–Crippen LogP) is 3.45. The van der Waals surface area contributed by atoms with Crippen LogP contribution >= 0.6 is 11.3 Å². The second kappa shape index (κ2) is 10.4. The number of likely N-dealkylation sites (tertiary alicyclic amines) is 1. The lowest BCUT2D eigenvalue weighted by atomic mass is 9.79. The fraction of sp³-hybridized carbons (Fsp3) is 0.762. The van der Waals surface area contributed by atoms with Crippen LogP contribution in [0.25, 0.3) is 0 Å². The van der Waals surface area contributed by atoms with Gasteiger partial charge < -0.3 is 5.32 Å². The summed E-state index contributed by atoms with van der Waals surface area (Å²) in [4.78, 5) is 15.1. The molecule has 164 valence electrons. The Morgan fingerprint density at radius 3 is 2.52 bits per heavy atom. The lowest BCUT2D eigenvalue weighted by Crippen LogP contribution is -2.58. The molecule has 2 heterocycles. The van der Waals surface area contributed by atoms with E-state index in [1.807, 2.05) is 0 Å². The molecule has 0 aromatic carbocycles. The third-order valence-electron chi connectivity index (χ3n) is 6.46. The molecule has 0 spiro atoms. The Hall–Kier alpha value is -0.960. The first kappa shape index (κ1) is 22.7. The van der Waals surface area contributed by atoms with Crippen LogP contribution in [-0.2, 0) is 14.8 Å². The van der Waals surface area contributed by atoms with E-state index < -0.39 is 10.0 Å². The van der Waals surface area contributed by atoms with E-state index in [0.717, 1.165) is 19.6 Å². The molecule has 3 rings (SSSR count). The van der Waals surface area contributed by atoms with Crippen molar-refractivity contribution < 1.29 is 13.2 Å². The minimum Gasteiger partial charge on any atom is -0.354 e. The Bertz CT molecular complexity index is 737. The van der Waals surface area contributed by atoms with E-state index in [1.165, 1.54) is 67.0 Å². The van der Waals surface area contributed by atoms with Crippen LogP contribution in [0.4, 0.5) is 0 Å². The quantitative estimate of drug-likeness (QED) is 0.637. The molecule has 2 fully saturated rings. The molecule has 6 nitrogen and oxygen atoms in total. The van der Waals surface area contributed by atoms with E-state index in [1.54, 1.807) is 24.6 Å². The Morgan fingerprint density at radius 2 is 1.86 bits per heavy atom. The largest absolute Gasteiger partial charge is 0.354 e. The van der Waals surface area contributed by atoms with E-state index in [-0.39, 0.29) is 11.4 Å². The number of carbonyl (C=O) groups is 1. The zero-order valence-electron chi connectivity index (χ0n) is 17.6. The Kier molecular flexibility index (Phi) is 8.13. The van der Waals surface area contributed by atoms with Crippen molar-refractivity contribution in [2.24, 2.45) is 0 Å². The summed E-state index contributed by atoms with van der Waals surface area (Å²) in [5.74, 6) is 0.0360. The summed E-state index contributed by atoms with van der Waals surface area (Å²) in [7, 11) is -1.85. The van der Waals surface area contributed by atoms with Gasteiger partial charge in [0.2, 0.25) is 5.91 Å². The van der Waals surface area contributed by atoms with Gasteiger partial charge in [0.1, 0.15) is 4.21 Å².